The lowest BCUT2D eigenvalue weighted by molar-refractivity contribution is -0.379. The Bertz CT molecular complexity index is 1630. The first-order valence-electron chi connectivity index (χ1n) is 33.6. The topological polar surface area (TPSA) is 307 Å². The van der Waals surface area contributed by atoms with Crippen molar-refractivity contribution in [3.8, 4) is 0 Å². The Labute approximate surface area is 505 Å². The molecule has 3 rings (SSSR count). The number of amides is 1. The molecule has 3 heterocycles. The molecular weight excluding hydrogens is 1080 g/mol. The van der Waals surface area contributed by atoms with Crippen LogP contribution in [0, 0.1) is 0 Å². The van der Waals surface area contributed by atoms with Crippen molar-refractivity contribution in [3.05, 3.63) is 24.3 Å². The number of aliphatic hydroxyl groups excluding tert-OH is 11. The summed E-state index contributed by atoms with van der Waals surface area (Å²) in [6.45, 7) is 1.72. The van der Waals surface area contributed by atoms with Gasteiger partial charge in [0.1, 0.15) is 73.2 Å². The fourth-order valence-corrected chi connectivity index (χ4v) is 11.5. The minimum Gasteiger partial charge on any atom is -0.394 e. The number of ether oxygens (including phenoxy) is 6. The second kappa shape index (κ2) is 48.2. The molecule has 3 fully saturated rings. The van der Waals surface area contributed by atoms with E-state index in [1.54, 1.807) is 6.08 Å². The fraction of sp³-hybridized carbons (Fsp3) is 0.923. The molecule has 3 saturated heterocycles. The molecule has 0 aliphatic carbocycles. The van der Waals surface area contributed by atoms with E-state index in [9.17, 15) is 61.0 Å². The van der Waals surface area contributed by atoms with Crippen LogP contribution in [0.5, 0.6) is 0 Å². The maximum atomic E-state index is 13.3. The molecule has 0 aromatic rings. The van der Waals surface area contributed by atoms with Gasteiger partial charge in [0.15, 0.2) is 18.9 Å². The molecule has 0 radical (unpaired) electrons. The molecule has 17 atom stereocenters. The van der Waals surface area contributed by atoms with Crippen molar-refractivity contribution in [1.82, 2.24) is 5.32 Å². The van der Waals surface area contributed by atoms with Crippen molar-refractivity contribution in [1.29, 1.82) is 0 Å². The third-order valence-corrected chi connectivity index (χ3v) is 17.0. The van der Waals surface area contributed by atoms with Gasteiger partial charge in [0.25, 0.3) is 0 Å². The van der Waals surface area contributed by atoms with Crippen molar-refractivity contribution in [2.24, 2.45) is 0 Å². The van der Waals surface area contributed by atoms with Crippen molar-refractivity contribution in [2.45, 2.75) is 356 Å². The maximum absolute atomic E-state index is 13.3. The minimum absolute atomic E-state index is 0.235. The third-order valence-electron chi connectivity index (χ3n) is 17.0. The number of carbonyl (C=O) groups is 1. The van der Waals surface area contributed by atoms with E-state index < -0.39 is 124 Å². The van der Waals surface area contributed by atoms with E-state index in [1.807, 2.05) is 6.08 Å². The summed E-state index contributed by atoms with van der Waals surface area (Å²) in [5, 5.41) is 120. The van der Waals surface area contributed by atoms with Crippen LogP contribution in [0.25, 0.3) is 0 Å². The Hall–Kier alpha value is -1.73. The smallest absolute Gasteiger partial charge is 0.220 e. The van der Waals surface area contributed by atoms with Crippen LogP contribution in [0.4, 0.5) is 0 Å². The standard InChI is InChI=1S/C65H121NO18/c1-3-5-7-9-11-13-15-17-18-19-20-21-22-23-24-25-26-27-28-29-31-32-34-36-38-40-42-49(70)48(66-53(71)43-41-39-37-35-33-30-16-14-12-10-8-6-4-2)47-79-63-59(77)56(74)61(51(45-68)81-63)84-65-60(78)57(75)62(52(46-69)82-65)83-64-58(76)55(73)54(72)50(44-67)80-64/h14,16,40,42,48-52,54-65,67-70,72-78H,3-13,15,17-39,41,43-47H2,1-2H3,(H,66,71)/b16-14-,42-40+. The zero-order valence-corrected chi connectivity index (χ0v) is 51.9. The Morgan fingerprint density at radius 1 is 0.417 bits per heavy atom. The first kappa shape index (κ1) is 76.5. The summed E-state index contributed by atoms with van der Waals surface area (Å²) in [7, 11) is 0. The van der Waals surface area contributed by atoms with Crippen LogP contribution < -0.4 is 5.32 Å². The molecule has 0 aromatic carbocycles. The number of carbonyl (C=O) groups excluding carboxylic acids is 1. The summed E-state index contributed by atoms with van der Waals surface area (Å²) >= 11 is 0. The van der Waals surface area contributed by atoms with Gasteiger partial charge in [0.05, 0.1) is 38.6 Å². The molecule has 0 bridgehead atoms. The molecule has 494 valence electrons. The molecule has 84 heavy (non-hydrogen) atoms. The van der Waals surface area contributed by atoms with Crippen molar-refractivity contribution in [2.75, 3.05) is 26.4 Å². The van der Waals surface area contributed by atoms with E-state index in [4.69, 9.17) is 28.4 Å². The zero-order chi connectivity index (χ0) is 61.2. The zero-order valence-electron chi connectivity index (χ0n) is 51.9. The first-order valence-corrected chi connectivity index (χ1v) is 33.6. The molecule has 3 aliphatic rings. The predicted molar refractivity (Wildman–Crippen MR) is 323 cm³/mol. The number of hydrogen-bond donors (Lipinski definition) is 12. The van der Waals surface area contributed by atoms with Gasteiger partial charge < -0.3 is 89.9 Å². The van der Waals surface area contributed by atoms with Gasteiger partial charge in [-0.15, -0.1) is 0 Å². The SMILES string of the molecule is CCCCCC/C=C\CCCCCCCC(=O)NC(COC1OC(CO)C(OC2OC(CO)C(OC3OC(CO)C(O)C(O)C3O)C(O)C2O)C(O)C1O)C(O)/C=C/CCCCCCCCCCCCCCCCCCCCCCCCCC. The Balaban J connectivity index is 1.43. The highest BCUT2D eigenvalue weighted by molar-refractivity contribution is 5.76. The molecule has 0 spiro atoms. The highest BCUT2D eigenvalue weighted by Gasteiger charge is 2.53. The summed E-state index contributed by atoms with van der Waals surface area (Å²) in [5.74, 6) is -0.283. The summed E-state index contributed by atoms with van der Waals surface area (Å²) in [6, 6.07) is -0.975. The lowest BCUT2D eigenvalue weighted by atomic mass is 9.96. The largest absolute Gasteiger partial charge is 0.394 e. The van der Waals surface area contributed by atoms with Crippen LogP contribution in [0.15, 0.2) is 24.3 Å². The van der Waals surface area contributed by atoms with Gasteiger partial charge in [-0.3, -0.25) is 4.79 Å². The van der Waals surface area contributed by atoms with Gasteiger partial charge in [-0.2, -0.15) is 0 Å². The summed E-state index contributed by atoms with van der Waals surface area (Å²) < 4.78 is 34.3. The maximum Gasteiger partial charge on any atom is 0.220 e. The summed E-state index contributed by atoms with van der Waals surface area (Å²) in [4.78, 5) is 13.3. The van der Waals surface area contributed by atoms with Gasteiger partial charge in [0.2, 0.25) is 5.91 Å². The van der Waals surface area contributed by atoms with Crippen molar-refractivity contribution in [3.63, 3.8) is 0 Å². The summed E-state index contributed by atoms with van der Waals surface area (Å²) in [5.41, 5.74) is 0. The second-order valence-corrected chi connectivity index (χ2v) is 24.3. The Kier molecular flexibility index (Phi) is 43.9. The third kappa shape index (κ3) is 30.7. The number of rotatable bonds is 51. The van der Waals surface area contributed by atoms with E-state index in [0.29, 0.717) is 6.42 Å². The van der Waals surface area contributed by atoms with Crippen molar-refractivity contribution < 1.29 is 89.4 Å². The number of hydrogen-bond acceptors (Lipinski definition) is 18. The van der Waals surface area contributed by atoms with E-state index >= 15 is 0 Å². The molecule has 1 amide bonds. The van der Waals surface area contributed by atoms with Crippen LogP contribution in [-0.4, -0.2) is 193 Å². The molecule has 17 unspecified atom stereocenters. The molecular formula is C65H121NO18. The van der Waals surface area contributed by atoms with Crippen LogP contribution >= 0.6 is 0 Å². The quantitative estimate of drug-likeness (QED) is 0.0204. The average molecular weight is 1200 g/mol. The van der Waals surface area contributed by atoms with E-state index in [-0.39, 0.29) is 18.9 Å². The molecule has 19 nitrogen and oxygen atoms in total. The van der Waals surface area contributed by atoms with Crippen LogP contribution in [-0.2, 0) is 33.2 Å². The molecule has 12 N–H and O–H groups in total. The van der Waals surface area contributed by atoms with Crippen LogP contribution in [0.3, 0.4) is 0 Å². The number of allylic oxidation sites excluding steroid dienone is 3. The van der Waals surface area contributed by atoms with E-state index in [1.165, 1.54) is 161 Å². The second-order valence-electron chi connectivity index (χ2n) is 24.3. The average Bonchev–Trinajstić information content (AvgIpc) is 2.92. The van der Waals surface area contributed by atoms with Gasteiger partial charge in [0, 0.05) is 6.42 Å². The molecule has 3 aliphatic heterocycles. The van der Waals surface area contributed by atoms with Crippen molar-refractivity contribution >= 4 is 5.91 Å². The summed E-state index contributed by atoms with van der Waals surface area (Å²) in [6.07, 6.45) is 26.0. The molecule has 0 aromatic heterocycles. The predicted octanol–water partition coefficient (Wildman–Crippen LogP) is 7.88. The number of nitrogens with one attached hydrogen (secondary N) is 1. The van der Waals surface area contributed by atoms with Gasteiger partial charge >= 0.3 is 0 Å². The molecule has 19 heteroatoms. The lowest BCUT2D eigenvalue weighted by Gasteiger charge is -2.48. The minimum atomic E-state index is -1.98. The highest BCUT2D eigenvalue weighted by atomic mass is 16.8. The number of aliphatic hydroxyl groups is 11. The Morgan fingerprint density at radius 2 is 0.750 bits per heavy atom. The highest BCUT2D eigenvalue weighted by Crippen LogP contribution is 2.33. The number of unbranched alkanes of at least 4 members (excludes halogenated alkanes) is 33. The lowest BCUT2D eigenvalue weighted by Crippen LogP contribution is -2.66. The van der Waals surface area contributed by atoms with E-state index in [0.717, 1.165) is 64.2 Å². The van der Waals surface area contributed by atoms with Gasteiger partial charge in [-0.1, -0.05) is 224 Å². The van der Waals surface area contributed by atoms with Gasteiger partial charge in [-0.05, 0) is 44.9 Å². The van der Waals surface area contributed by atoms with Crippen LogP contribution in [0.2, 0.25) is 0 Å². The Morgan fingerprint density at radius 3 is 1.17 bits per heavy atom. The van der Waals surface area contributed by atoms with Gasteiger partial charge in [-0.25, -0.2) is 0 Å². The monoisotopic (exact) mass is 1200 g/mol. The normalized spacial score (nSPS) is 29.3. The van der Waals surface area contributed by atoms with Crippen LogP contribution in [0.1, 0.15) is 251 Å². The van der Waals surface area contributed by atoms with E-state index in [2.05, 4.69) is 31.3 Å². The first-order chi connectivity index (χ1) is 40.8. The molecule has 0 saturated carbocycles. The fourth-order valence-electron chi connectivity index (χ4n) is 11.5.